The van der Waals surface area contributed by atoms with Gasteiger partial charge in [-0.05, 0) is 36.4 Å². The van der Waals surface area contributed by atoms with Crippen LogP contribution < -0.4 is 5.32 Å². The van der Waals surface area contributed by atoms with Gasteiger partial charge >= 0.3 is 5.97 Å². The molecule has 0 heterocycles. The van der Waals surface area contributed by atoms with Gasteiger partial charge < -0.3 is 15.5 Å². The van der Waals surface area contributed by atoms with E-state index in [9.17, 15) is 14.7 Å². The Morgan fingerprint density at radius 2 is 1.80 bits per heavy atom. The van der Waals surface area contributed by atoms with Gasteiger partial charge in [-0.25, -0.2) is 4.79 Å². The molecule has 0 saturated heterocycles. The van der Waals surface area contributed by atoms with Crippen molar-refractivity contribution in [3.8, 4) is 5.75 Å². The van der Waals surface area contributed by atoms with Gasteiger partial charge in [-0.3, -0.25) is 4.79 Å². The highest BCUT2D eigenvalue weighted by Crippen LogP contribution is 2.21. The Kier molecular flexibility index (Phi) is 4.05. The zero-order valence-electron chi connectivity index (χ0n) is 10.1. The number of halogens is 1. The zero-order chi connectivity index (χ0) is 14.7. The van der Waals surface area contributed by atoms with Gasteiger partial charge in [0.15, 0.2) is 0 Å². The van der Waals surface area contributed by atoms with Gasteiger partial charge in [-0.2, -0.15) is 0 Å². The molecule has 0 atom stereocenters. The predicted octanol–water partition coefficient (Wildman–Crippen LogP) is 3.11. The topological polar surface area (TPSA) is 86.6 Å². The summed E-state index contributed by atoms with van der Waals surface area (Å²) in [5.74, 6) is -1.53. The molecule has 0 fully saturated rings. The summed E-state index contributed by atoms with van der Waals surface area (Å²) in [6.07, 6.45) is 0. The van der Waals surface area contributed by atoms with E-state index in [1.807, 2.05) is 0 Å². The predicted molar refractivity (Wildman–Crippen MR) is 77.2 cm³/mol. The molecule has 2 rings (SSSR count). The summed E-state index contributed by atoms with van der Waals surface area (Å²) >= 11 is 3.18. The van der Waals surface area contributed by atoms with Crippen molar-refractivity contribution >= 4 is 33.5 Å². The van der Waals surface area contributed by atoms with Crippen molar-refractivity contribution in [3.05, 3.63) is 58.1 Å². The molecule has 6 heteroatoms. The lowest BCUT2D eigenvalue weighted by Gasteiger charge is -2.07. The largest absolute Gasteiger partial charge is 0.508 e. The van der Waals surface area contributed by atoms with Crippen LogP contribution in [-0.2, 0) is 0 Å². The normalized spacial score (nSPS) is 10.1. The summed E-state index contributed by atoms with van der Waals surface area (Å²) in [5.41, 5.74) is 0.692. The van der Waals surface area contributed by atoms with E-state index in [0.717, 1.165) is 0 Å². The van der Waals surface area contributed by atoms with Crippen molar-refractivity contribution in [2.75, 3.05) is 5.32 Å². The number of aromatic carboxylic acids is 1. The Bertz CT molecular complexity index is 685. The number of carbonyl (C=O) groups excluding carboxylic acids is 1. The van der Waals surface area contributed by atoms with Crippen molar-refractivity contribution in [1.29, 1.82) is 0 Å². The molecule has 0 bridgehead atoms. The molecule has 3 N–H and O–H groups in total. The second kappa shape index (κ2) is 5.75. The van der Waals surface area contributed by atoms with E-state index < -0.39 is 11.9 Å². The molecule has 2 aromatic rings. The third kappa shape index (κ3) is 3.36. The van der Waals surface area contributed by atoms with Crippen molar-refractivity contribution in [3.63, 3.8) is 0 Å². The number of hydrogen-bond acceptors (Lipinski definition) is 3. The van der Waals surface area contributed by atoms with Gasteiger partial charge in [0.25, 0.3) is 5.91 Å². The van der Waals surface area contributed by atoms with E-state index in [0.29, 0.717) is 10.2 Å². The minimum Gasteiger partial charge on any atom is -0.508 e. The lowest BCUT2D eigenvalue weighted by Crippen LogP contribution is -2.12. The average Bonchev–Trinajstić information content (AvgIpc) is 2.37. The molecule has 20 heavy (non-hydrogen) atoms. The number of benzene rings is 2. The molecule has 2 aromatic carbocycles. The van der Waals surface area contributed by atoms with Gasteiger partial charge in [0.05, 0.1) is 5.56 Å². The highest BCUT2D eigenvalue weighted by atomic mass is 79.9. The number of anilines is 1. The van der Waals surface area contributed by atoms with Gasteiger partial charge in [0.1, 0.15) is 5.75 Å². The molecule has 0 saturated carbocycles. The molecule has 0 aliphatic heterocycles. The summed E-state index contributed by atoms with van der Waals surface area (Å²) in [4.78, 5) is 22.9. The molecule has 1 amide bonds. The molecule has 5 nitrogen and oxygen atoms in total. The number of phenols is 1. The van der Waals surface area contributed by atoms with Crippen molar-refractivity contribution in [2.24, 2.45) is 0 Å². The van der Waals surface area contributed by atoms with Crippen LogP contribution in [0.5, 0.6) is 5.75 Å². The first-order valence-corrected chi connectivity index (χ1v) is 6.39. The number of rotatable bonds is 3. The maximum Gasteiger partial charge on any atom is 0.335 e. The van der Waals surface area contributed by atoms with E-state index in [1.165, 1.54) is 24.3 Å². The van der Waals surface area contributed by atoms with Crippen LogP contribution in [0.3, 0.4) is 0 Å². The first-order chi connectivity index (χ1) is 9.45. The van der Waals surface area contributed by atoms with Crippen molar-refractivity contribution < 1.29 is 19.8 Å². The van der Waals surface area contributed by atoms with Crippen molar-refractivity contribution in [2.45, 2.75) is 0 Å². The number of amides is 1. The van der Waals surface area contributed by atoms with Gasteiger partial charge in [0, 0.05) is 15.7 Å². The standard InChI is InChI=1S/C14H10BrNO4/c15-10-4-9(14(19)20)5-11(7-10)16-13(18)8-2-1-3-12(17)6-8/h1-7,17H,(H,16,18)(H,19,20). The van der Waals surface area contributed by atoms with Crippen LogP contribution in [0.4, 0.5) is 5.69 Å². The summed E-state index contributed by atoms with van der Waals surface area (Å²) in [7, 11) is 0. The highest BCUT2D eigenvalue weighted by molar-refractivity contribution is 9.10. The van der Waals surface area contributed by atoms with Crippen LogP contribution in [-0.4, -0.2) is 22.1 Å². The monoisotopic (exact) mass is 335 g/mol. The van der Waals surface area contributed by atoms with Gasteiger partial charge in [-0.15, -0.1) is 0 Å². The van der Waals surface area contributed by atoms with Crippen LogP contribution in [0, 0.1) is 0 Å². The van der Waals surface area contributed by atoms with Crippen LogP contribution in [0.15, 0.2) is 46.9 Å². The van der Waals surface area contributed by atoms with E-state index in [2.05, 4.69) is 21.2 Å². The number of phenolic OH excluding ortho intramolecular Hbond substituents is 1. The Balaban J connectivity index is 2.26. The van der Waals surface area contributed by atoms with Crippen LogP contribution in [0.1, 0.15) is 20.7 Å². The fourth-order valence-electron chi connectivity index (χ4n) is 1.64. The summed E-state index contributed by atoms with van der Waals surface area (Å²) in [6, 6.07) is 10.3. The summed E-state index contributed by atoms with van der Waals surface area (Å²) < 4.78 is 0.545. The minimum atomic E-state index is -1.08. The Labute approximate surface area is 123 Å². The van der Waals surface area contributed by atoms with Crippen molar-refractivity contribution in [1.82, 2.24) is 0 Å². The second-order valence-electron chi connectivity index (χ2n) is 4.04. The third-order valence-electron chi connectivity index (χ3n) is 2.51. The number of carboxylic acids is 1. The quantitative estimate of drug-likeness (QED) is 0.804. The number of nitrogens with one attached hydrogen (secondary N) is 1. The number of hydrogen-bond donors (Lipinski definition) is 3. The molecule has 0 aromatic heterocycles. The van der Waals surface area contributed by atoms with Crippen LogP contribution in [0.25, 0.3) is 0 Å². The second-order valence-corrected chi connectivity index (χ2v) is 4.95. The molecular weight excluding hydrogens is 326 g/mol. The fraction of sp³-hybridized carbons (Fsp3) is 0. The van der Waals surface area contributed by atoms with Crippen LogP contribution >= 0.6 is 15.9 Å². The first-order valence-electron chi connectivity index (χ1n) is 5.60. The molecule has 102 valence electrons. The van der Waals surface area contributed by atoms with E-state index in [4.69, 9.17) is 5.11 Å². The smallest absolute Gasteiger partial charge is 0.335 e. The number of carbonyl (C=O) groups is 2. The van der Waals surface area contributed by atoms with E-state index in [1.54, 1.807) is 18.2 Å². The lowest BCUT2D eigenvalue weighted by atomic mass is 10.1. The van der Waals surface area contributed by atoms with Gasteiger partial charge in [0.2, 0.25) is 0 Å². The lowest BCUT2D eigenvalue weighted by molar-refractivity contribution is 0.0696. The summed E-state index contributed by atoms with van der Waals surface area (Å²) in [6.45, 7) is 0. The average molecular weight is 336 g/mol. The number of aromatic hydroxyl groups is 1. The molecular formula is C14H10BrNO4. The maximum absolute atomic E-state index is 12.0. The minimum absolute atomic E-state index is 0.0156. The first kappa shape index (κ1) is 14.1. The van der Waals surface area contributed by atoms with Crippen LogP contribution in [0.2, 0.25) is 0 Å². The van der Waals surface area contributed by atoms with E-state index in [-0.39, 0.29) is 16.9 Å². The maximum atomic E-state index is 12.0. The fourth-order valence-corrected chi connectivity index (χ4v) is 2.13. The Morgan fingerprint density at radius 3 is 2.45 bits per heavy atom. The summed E-state index contributed by atoms with van der Waals surface area (Å²) in [5, 5.41) is 20.9. The SMILES string of the molecule is O=C(O)c1cc(Br)cc(NC(=O)c2cccc(O)c2)c1. The molecule has 0 unspecified atom stereocenters. The molecule has 0 spiro atoms. The zero-order valence-corrected chi connectivity index (χ0v) is 11.7. The molecule has 0 aliphatic rings. The third-order valence-corrected chi connectivity index (χ3v) is 2.97. The van der Waals surface area contributed by atoms with E-state index >= 15 is 0 Å². The highest BCUT2D eigenvalue weighted by Gasteiger charge is 2.10. The Morgan fingerprint density at radius 1 is 1.05 bits per heavy atom. The molecule has 0 aliphatic carbocycles. The number of carboxylic acid groups (broad SMARTS) is 1. The Hall–Kier alpha value is -2.34. The molecule has 0 radical (unpaired) electrons. The van der Waals surface area contributed by atoms with Gasteiger partial charge in [-0.1, -0.05) is 22.0 Å².